The molecule has 0 saturated carbocycles. The molecule has 112 valence electrons. The molecule has 4 nitrogen and oxygen atoms in total. The SMILES string of the molecule is CCOc1cc(CN2CCCCC2C(C)N)ccc1O. The molecule has 1 heterocycles. The Labute approximate surface area is 121 Å². The Kier molecular flexibility index (Phi) is 5.26. The van der Waals surface area contributed by atoms with Crippen molar-refractivity contribution in [3.63, 3.8) is 0 Å². The summed E-state index contributed by atoms with van der Waals surface area (Å²) in [5.74, 6) is 0.775. The highest BCUT2D eigenvalue weighted by molar-refractivity contribution is 5.41. The van der Waals surface area contributed by atoms with Crippen LogP contribution in [0.4, 0.5) is 0 Å². The number of likely N-dealkylation sites (tertiary alicyclic amines) is 1. The van der Waals surface area contributed by atoms with Crippen LogP contribution in [0.25, 0.3) is 0 Å². The number of piperidine rings is 1. The smallest absolute Gasteiger partial charge is 0.161 e. The van der Waals surface area contributed by atoms with E-state index in [1.54, 1.807) is 6.07 Å². The number of hydrogen-bond acceptors (Lipinski definition) is 4. The molecule has 2 unspecified atom stereocenters. The van der Waals surface area contributed by atoms with E-state index in [1.165, 1.54) is 24.8 Å². The summed E-state index contributed by atoms with van der Waals surface area (Å²) in [6, 6.07) is 6.26. The molecule has 0 aliphatic carbocycles. The number of nitrogens with two attached hydrogens (primary N) is 1. The molecule has 0 amide bonds. The fraction of sp³-hybridized carbons (Fsp3) is 0.625. The second-order valence-electron chi connectivity index (χ2n) is 5.63. The largest absolute Gasteiger partial charge is 0.504 e. The summed E-state index contributed by atoms with van der Waals surface area (Å²) in [7, 11) is 0. The van der Waals surface area contributed by atoms with E-state index < -0.39 is 0 Å². The van der Waals surface area contributed by atoms with Crippen LogP contribution < -0.4 is 10.5 Å². The van der Waals surface area contributed by atoms with Gasteiger partial charge in [-0.2, -0.15) is 0 Å². The van der Waals surface area contributed by atoms with Gasteiger partial charge in [-0.15, -0.1) is 0 Å². The second-order valence-corrected chi connectivity index (χ2v) is 5.63. The maximum atomic E-state index is 9.75. The summed E-state index contributed by atoms with van der Waals surface area (Å²) in [4.78, 5) is 2.45. The third kappa shape index (κ3) is 3.64. The first-order chi connectivity index (χ1) is 9.61. The zero-order valence-corrected chi connectivity index (χ0v) is 12.5. The van der Waals surface area contributed by atoms with Gasteiger partial charge >= 0.3 is 0 Å². The lowest BCUT2D eigenvalue weighted by atomic mass is 9.96. The molecular weight excluding hydrogens is 252 g/mol. The summed E-state index contributed by atoms with van der Waals surface area (Å²) >= 11 is 0. The molecule has 2 atom stereocenters. The second kappa shape index (κ2) is 6.95. The Bertz CT molecular complexity index is 434. The van der Waals surface area contributed by atoms with Gasteiger partial charge < -0.3 is 15.6 Å². The first-order valence-electron chi connectivity index (χ1n) is 7.56. The molecular formula is C16H26N2O2. The Morgan fingerprint density at radius 3 is 2.95 bits per heavy atom. The van der Waals surface area contributed by atoms with Crippen molar-refractivity contribution in [3.05, 3.63) is 23.8 Å². The van der Waals surface area contributed by atoms with E-state index in [-0.39, 0.29) is 11.8 Å². The molecule has 4 heteroatoms. The number of nitrogens with zero attached hydrogens (tertiary/aromatic N) is 1. The van der Waals surface area contributed by atoms with Gasteiger partial charge in [-0.3, -0.25) is 4.90 Å². The Morgan fingerprint density at radius 2 is 2.25 bits per heavy atom. The number of benzene rings is 1. The minimum Gasteiger partial charge on any atom is -0.504 e. The van der Waals surface area contributed by atoms with Crippen molar-refractivity contribution in [1.29, 1.82) is 0 Å². The molecule has 1 fully saturated rings. The molecule has 0 radical (unpaired) electrons. The van der Waals surface area contributed by atoms with Gasteiger partial charge in [-0.05, 0) is 50.9 Å². The summed E-state index contributed by atoms with van der Waals surface area (Å²) in [6.07, 6.45) is 3.68. The third-order valence-electron chi connectivity index (χ3n) is 3.98. The molecule has 2 rings (SSSR count). The van der Waals surface area contributed by atoms with Crippen molar-refractivity contribution in [2.75, 3.05) is 13.2 Å². The summed E-state index contributed by atoms with van der Waals surface area (Å²) < 4.78 is 5.45. The highest BCUT2D eigenvalue weighted by Gasteiger charge is 2.25. The first-order valence-corrected chi connectivity index (χ1v) is 7.56. The van der Waals surface area contributed by atoms with Crippen molar-refractivity contribution < 1.29 is 9.84 Å². The summed E-state index contributed by atoms with van der Waals surface area (Å²) in [5, 5.41) is 9.75. The van der Waals surface area contributed by atoms with Gasteiger partial charge in [0.2, 0.25) is 0 Å². The molecule has 0 aromatic heterocycles. The Balaban J connectivity index is 2.09. The van der Waals surface area contributed by atoms with E-state index in [0.717, 1.165) is 13.1 Å². The van der Waals surface area contributed by atoms with Crippen molar-refractivity contribution in [3.8, 4) is 11.5 Å². The van der Waals surface area contributed by atoms with E-state index >= 15 is 0 Å². The zero-order valence-electron chi connectivity index (χ0n) is 12.5. The Hall–Kier alpha value is -1.26. The average Bonchev–Trinajstić information content (AvgIpc) is 2.43. The van der Waals surface area contributed by atoms with Gasteiger partial charge in [0.25, 0.3) is 0 Å². The van der Waals surface area contributed by atoms with Gasteiger partial charge in [0, 0.05) is 18.6 Å². The van der Waals surface area contributed by atoms with Crippen LogP contribution in [0.2, 0.25) is 0 Å². The predicted octanol–water partition coefficient (Wildman–Crippen LogP) is 2.49. The van der Waals surface area contributed by atoms with Crippen molar-refractivity contribution in [1.82, 2.24) is 4.90 Å². The topological polar surface area (TPSA) is 58.7 Å². The number of ether oxygens (including phenoxy) is 1. The van der Waals surface area contributed by atoms with Crippen LogP contribution >= 0.6 is 0 Å². The molecule has 1 aromatic rings. The first kappa shape index (κ1) is 15.1. The summed E-state index contributed by atoms with van der Waals surface area (Å²) in [6.45, 7) is 6.53. The molecule has 0 spiro atoms. The number of phenols is 1. The Morgan fingerprint density at radius 1 is 1.45 bits per heavy atom. The van der Waals surface area contributed by atoms with Gasteiger partial charge in [0.05, 0.1) is 6.61 Å². The quantitative estimate of drug-likeness (QED) is 0.869. The predicted molar refractivity (Wildman–Crippen MR) is 81.0 cm³/mol. The fourth-order valence-corrected chi connectivity index (χ4v) is 2.97. The number of phenolic OH excluding ortho intramolecular Hbond substituents is 1. The van der Waals surface area contributed by atoms with Crippen LogP contribution in [0.3, 0.4) is 0 Å². The molecule has 1 saturated heterocycles. The van der Waals surface area contributed by atoms with E-state index in [9.17, 15) is 5.11 Å². The van der Waals surface area contributed by atoms with Crippen LogP contribution in [0, 0.1) is 0 Å². The molecule has 1 aromatic carbocycles. The monoisotopic (exact) mass is 278 g/mol. The third-order valence-corrected chi connectivity index (χ3v) is 3.98. The number of hydrogen-bond donors (Lipinski definition) is 2. The van der Waals surface area contributed by atoms with Crippen molar-refractivity contribution in [2.45, 2.75) is 51.7 Å². The molecule has 1 aliphatic heterocycles. The molecule has 1 aliphatic rings. The molecule has 3 N–H and O–H groups in total. The standard InChI is InChI=1S/C16H26N2O2/c1-3-20-16-10-13(7-8-15(16)19)11-18-9-5-4-6-14(18)12(2)17/h7-8,10,12,14,19H,3-6,9,11,17H2,1-2H3. The van der Waals surface area contributed by atoms with Crippen LogP contribution in [0.1, 0.15) is 38.7 Å². The highest BCUT2D eigenvalue weighted by atomic mass is 16.5. The highest BCUT2D eigenvalue weighted by Crippen LogP contribution is 2.29. The maximum absolute atomic E-state index is 9.75. The van der Waals surface area contributed by atoms with E-state index in [2.05, 4.69) is 11.8 Å². The molecule has 20 heavy (non-hydrogen) atoms. The van der Waals surface area contributed by atoms with Crippen molar-refractivity contribution >= 4 is 0 Å². The number of aromatic hydroxyl groups is 1. The molecule has 0 bridgehead atoms. The van der Waals surface area contributed by atoms with E-state index in [1.807, 2.05) is 19.1 Å². The van der Waals surface area contributed by atoms with Gasteiger partial charge in [-0.25, -0.2) is 0 Å². The van der Waals surface area contributed by atoms with Gasteiger partial charge in [-0.1, -0.05) is 12.5 Å². The van der Waals surface area contributed by atoms with Crippen molar-refractivity contribution in [2.24, 2.45) is 5.73 Å². The lowest BCUT2D eigenvalue weighted by molar-refractivity contribution is 0.123. The number of rotatable bonds is 5. The lowest BCUT2D eigenvalue weighted by Gasteiger charge is -2.38. The van der Waals surface area contributed by atoms with Crippen LogP contribution in [-0.2, 0) is 6.54 Å². The van der Waals surface area contributed by atoms with Crippen LogP contribution in [0.15, 0.2) is 18.2 Å². The van der Waals surface area contributed by atoms with Crippen LogP contribution in [0.5, 0.6) is 11.5 Å². The fourth-order valence-electron chi connectivity index (χ4n) is 2.97. The minimum absolute atomic E-state index is 0.193. The normalized spacial score (nSPS) is 21.6. The lowest BCUT2D eigenvalue weighted by Crippen LogP contribution is -2.48. The minimum atomic E-state index is 0.193. The summed E-state index contributed by atoms with van der Waals surface area (Å²) in [5.41, 5.74) is 7.27. The van der Waals surface area contributed by atoms with E-state index in [4.69, 9.17) is 10.5 Å². The zero-order chi connectivity index (χ0) is 14.5. The average molecular weight is 278 g/mol. The van der Waals surface area contributed by atoms with Crippen LogP contribution in [-0.4, -0.2) is 35.2 Å². The van der Waals surface area contributed by atoms with Gasteiger partial charge in [0.15, 0.2) is 11.5 Å². The maximum Gasteiger partial charge on any atom is 0.161 e. The van der Waals surface area contributed by atoms with Gasteiger partial charge in [0.1, 0.15) is 0 Å². The van der Waals surface area contributed by atoms with E-state index in [0.29, 0.717) is 18.4 Å².